The van der Waals surface area contributed by atoms with E-state index in [1.165, 1.54) is 108 Å². The second-order valence-corrected chi connectivity index (χ2v) is 11.8. The normalized spacial score (nSPS) is 19.3. The highest BCUT2D eigenvalue weighted by Crippen LogP contribution is 2.51. The van der Waals surface area contributed by atoms with Crippen LogP contribution in [0.3, 0.4) is 0 Å². The Morgan fingerprint density at radius 3 is 2.29 bits per heavy atom. The second-order valence-electron chi connectivity index (χ2n) is 11.8. The molecule has 1 aromatic heterocycles. The molecule has 1 heterocycles. The van der Waals surface area contributed by atoms with Gasteiger partial charge in [0.1, 0.15) is 7.05 Å². The van der Waals surface area contributed by atoms with Crippen molar-refractivity contribution in [2.75, 3.05) is 0 Å². The lowest BCUT2D eigenvalue weighted by Crippen LogP contribution is -2.33. The van der Waals surface area contributed by atoms with Crippen LogP contribution in [0, 0.1) is 26.2 Å². The average Bonchev–Trinajstić information content (AvgIpc) is 3.21. The molecular weight excluding hydrogens is 410 g/mol. The number of hydrogen-bond donors (Lipinski definition) is 0. The van der Waals surface area contributed by atoms with Crippen molar-refractivity contribution < 1.29 is 4.57 Å². The molecule has 1 heteroatoms. The molecule has 0 aliphatic heterocycles. The fourth-order valence-electron chi connectivity index (χ4n) is 7.82. The third-order valence-corrected chi connectivity index (χ3v) is 9.69. The first-order valence-electron chi connectivity index (χ1n) is 13.7. The van der Waals surface area contributed by atoms with Gasteiger partial charge in [0.2, 0.25) is 5.69 Å². The lowest BCUT2D eigenvalue weighted by Gasteiger charge is -2.43. The summed E-state index contributed by atoms with van der Waals surface area (Å²) in [5.74, 6) is 0.726. The van der Waals surface area contributed by atoms with Crippen LogP contribution < -0.4 is 4.57 Å². The molecule has 1 spiro atoms. The SMILES string of the molecule is Cc1c[n+](C)c(-c2c(C)ccc3c2Cc2cccc(C)c2-3)cc1C1CCC2(CCCCC2)CC1. The van der Waals surface area contributed by atoms with Gasteiger partial charge < -0.3 is 0 Å². The Morgan fingerprint density at radius 1 is 0.794 bits per heavy atom. The number of aryl methyl sites for hydroxylation is 4. The van der Waals surface area contributed by atoms with Gasteiger partial charge in [0.25, 0.3) is 0 Å². The van der Waals surface area contributed by atoms with Gasteiger partial charge in [0.05, 0.1) is 5.56 Å². The minimum atomic E-state index is 0.686. The largest absolute Gasteiger partial charge is 0.213 e. The molecule has 1 nitrogen and oxygen atoms in total. The number of rotatable bonds is 2. The maximum atomic E-state index is 2.58. The highest BCUT2D eigenvalue weighted by atomic mass is 14.9. The Labute approximate surface area is 206 Å². The fraction of sp³-hybridized carbons (Fsp3) is 0.485. The molecule has 0 unspecified atom stereocenters. The Morgan fingerprint density at radius 2 is 1.53 bits per heavy atom. The first kappa shape index (κ1) is 22.1. The van der Waals surface area contributed by atoms with Crippen molar-refractivity contribution in [2.45, 2.75) is 90.9 Å². The second kappa shape index (κ2) is 8.36. The van der Waals surface area contributed by atoms with E-state index in [1.807, 2.05) is 0 Å². The molecule has 0 N–H and O–H groups in total. The first-order valence-corrected chi connectivity index (χ1v) is 13.7. The Hall–Kier alpha value is -2.41. The third-order valence-electron chi connectivity index (χ3n) is 9.69. The smallest absolute Gasteiger partial charge is 0.201 e. The van der Waals surface area contributed by atoms with Crippen molar-refractivity contribution in [3.63, 3.8) is 0 Å². The van der Waals surface area contributed by atoms with Crippen LogP contribution in [0.2, 0.25) is 0 Å². The van der Waals surface area contributed by atoms with Crippen molar-refractivity contribution in [3.8, 4) is 22.4 Å². The lowest BCUT2D eigenvalue weighted by molar-refractivity contribution is -0.660. The summed E-state index contributed by atoms with van der Waals surface area (Å²) < 4.78 is 2.39. The van der Waals surface area contributed by atoms with Crippen molar-refractivity contribution in [3.05, 3.63) is 76.0 Å². The average molecular weight is 451 g/mol. The van der Waals surface area contributed by atoms with Gasteiger partial charge in [0, 0.05) is 11.6 Å². The Bertz CT molecular complexity index is 1250. The monoisotopic (exact) mass is 450 g/mol. The van der Waals surface area contributed by atoms with Crippen molar-refractivity contribution >= 4 is 0 Å². The fourth-order valence-corrected chi connectivity index (χ4v) is 7.82. The zero-order valence-electron chi connectivity index (χ0n) is 21.6. The Balaban J connectivity index is 1.39. The van der Waals surface area contributed by atoms with Crippen LogP contribution in [0.25, 0.3) is 22.4 Å². The molecule has 2 aromatic carbocycles. The van der Waals surface area contributed by atoms with Crippen LogP contribution in [0.4, 0.5) is 0 Å². The number of benzene rings is 2. The van der Waals surface area contributed by atoms with Crippen LogP contribution in [-0.4, -0.2) is 0 Å². The van der Waals surface area contributed by atoms with Crippen LogP contribution in [0.5, 0.6) is 0 Å². The van der Waals surface area contributed by atoms with E-state index < -0.39 is 0 Å². The van der Waals surface area contributed by atoms with Gasteiger partial charge >= 0.3 is 0 Å². The molecule has 0 amide bonds. The molecule has 34 heavy (non-hydrogen) atoms. The van der Waals surface area contributed by atoms with E-state index in [1.54, 1.807) is 5.56 Å². The molecule has 0 saturated heterocycles. The molecule has 3 aliphatic carbocycles. The summed E-state index contributed by atoms with van der Waals surface area (Å²) in [5, 5.41) is 0. The number of aromatic nitrogens is 1. The van der Waals surface area contributed by atoms with E-state index in [2.05, 4.69) is 75.0 Å². The van der Waals surface area contributed by atoms with Gasteiger partial charge in [-0.3, -0.25) is 0 Å². The number of hydrogen-bond acceptors (Lipinski definition) is 0. The van der Waals surface area contributed by atoms with Crippen LogP contribution >= 0.6 is 0 Å². The zero-order valence-corrected chi connectivity index (χ0v) is 21.6. The van der Waals surface area contributed by atoms with Gasteiger partial charge in [-0.05, 0) is 116 Å². The minimum absolute atomic E-state index is 0.686. The van der Waals surface area contributed by atoms with E-state index in [4.69, 9.17) is 0 Å². The molecular formula is C33H40N+. The highest BCUT2D eigenvalue weighted by Gasteiger charge is 2.37. The number of pyridine rings is 1. The van der Waals surface area contributed by atoms with Gasteiger partial charge in [-0.25, -0.2) is 4.57 Å². The Kier molecular flexibility index (Phi) is 5.43. The van der Waals surface area contributed by atoms with E-state index in [-0.39, 0.29) is 0 Å². The zero-order chi connectivity index (χ0) is 23.4. The number of fused-ring (bicyclic) bond motifs is 3. The summed E-state index contributed by atoms with van der Waals surface area (Å²) >= 11 is 0. The van der Waals surface area contributed by atoms with Crippen molar-refractivity contribution in [2.24, 2.45) is 12.5 Å². The van der Waals surface area contributed by atoms with Crippen molar-refractivity contribution in [1.82, 2.24) is 0 Å². The van der Waals surface area contributed by atoms with Gasteiger partial charge in [0.15, 0.2) is 6.20 Å². The molecule has 0 radical (unpaired) electrons. The maximum absolute atomic E-state index is 2.58. The summed E-state index contributed by atoms with van der Waals surface area (Å²) in [4.78, 5) is 0. The quantitative estimate of drug-likeness (QED) is 0.270. The van der Waals surface area contributed by atoms with E-state index in [0.29, 0.717) is 5.41 Å². The topological polar surface area (TPSA) is 3.88 Å². The van der Waals surface area contributed by atoms with Crippen LogP contribution in [-0.2, 0) is 13.5 Å². The predicted molar refractivity (Wildman–Crippen MR) is 142 cm³/mol. The van der Waals surface area contributed by atoms with Crippen molar-refractivity contribution in [1.29, 1.82) is 0 Å². The summed E-state index contributed by atoms with van der Waals surface area (Å²) in [6.07, 6.45) is 16.5. The van der Waals surface area contributed by atoms with Crippen LogP contribution in [0.1, 0.15) is 97.1 Å². The van der Waals surface area contributed by atoms with Crippen LogP contribution in [0.15, 0.2) is 42.6 Å². The molecule has 6 rings (SSSR count). The lowest BCUT2D eigenvalue weighted by atomic mass is 9.62. The maximum Gasteiger partial charge on any atom is 0.213 e. The summed E-state index contributed by atoms with van der Waals surface area (Å²) in [6.45, 7) is 6.91. The molecule has 176 valence electrons. The molecule has 0 bridgehead atoms. The standard InChI is InChI=1S/C33H40N/c1-22-9-8-10-26-19-29-27(31(22)26)12-11-23(2)32(29)30-20-28(24(3)21-34(30)4)25-13-17-33(18-14-25)15-6-5-7-16-33/h8-12,20-21,25H,5-7,13-19H2,1-4H3/q+1. The predicted octanol–water partition coefficient (Wildman–Crippen LogP) is 8.28. The first-order chi connectivity index (χ1) is 16.5. The summed E-state index contributed by atoms with van der Waals surface area (Å²) in [7, 11) is 2.25. The summed E-state index contributed by atoms with van der Waals surface area (Å²) in [6, 6.07) is 14.1. The summed E-state index contributed by atoms with van der Waals surface area (Å²) in [5.41, 5.74) is 15.4. The molecule has 2 saturated carbocycles. The molecule has 0 atom stereocenters. The highest BCUT2D eigenvalue weighted by molar-refractivity contribution is 5.86. The molecule has 2 fully saturated rings. The van der Waals surface area contributed by atoms with E-state index >= 15 is 0 Å². The number of nitrogens with zero attached hydrogens (tertiary/aromatic N) is 1. The van der Waals surface area contributed by atoms with E-state index in [9.17, 15) is 0 Å². The molecule has 3 aromatic rings. The van der Waals surface area contributed by atoms with Gasteiger partial charge in [-0.1, -0.05) is 49.6 Å². The van der Waals surface area contributed by atoms with Gasteiger partial charge in [-0.15, -0.1) is 0 Å². The molecule has 3 aliphatic rings. The van der Waals surface area contributed by atoms with Gasteiger partial charge in [-0.2, -0.15) is 0 Å². The third kappa shape index (κ3) is 3.55. The minimum Gasteiger partial charge on any atom is -0.201 e. The van der Waals surface area contributed by atoms with E-state index in [0.717, 1.165) is 12.3 Å².